The van der Waals surface area contributed by atoms with Gasteiger partial charge in [-0.05, 0) is 36.8 Å². The molecule has 0 spiro atoms. The Labute approximate surface area is 137 Å². The van der Waals surface area contributed by atoms with Crippen LogP contribution < -0.4 is 0 Å². The predicted octanol–water partition coefficient (Wildman–Crippen LogP) is 7.69. The van der Waals surface area contributed by atoms with Crippen LogP contribution in [0.15, 0.2) is 11.4 Å². The zero-order valence-corrected chi connectivity index (χ0v) is 15.3. The van der Waals surface area contributed by atoms with Crippen molar-refractivity contribution in [2.24, 2.45) is 0 Å². The molecule has 1 heterocycles. The van der Waals surface area contributed by atoms with Crippen LogP contribution in [0.3, 0.4) is 0 Å². The molecule has 1 aromatic heterocycles. The van der Waals surface area contributed by atoms with Crippen molar-refractivity contribution < 1.29 is 0 Å². The highest BCUT2D eigenvalue weighted by atomic mass is 32.1. The van der Waals surface area contributed by atoms with Crippen LogP contribution in [-0.4, -0.2) is 0 Å². The van der Waals surface area contributed by atoms with Gasteiger partial charge in [-0.25, -0.2) is 0 Å². The van der Waals surface area contributed by atoms with Gasteiger partial charge in [0.1, 0.15) is 0 Å². The van der Waals surface area contributed by atoms with Gasteiger partial charge in [0.25, 0.3) is 0 Å². The quantitative estimate of drug-likeness (QED) is 0.309. The Kier molecular flexibility index (Phi) is 11.9. The molecule has 0 aromatic carbocycles. The first-order valence-corrected chi connectivity index (χ1v) is 10.3. The molecule has 0 aliphatic rings. The van der Waals surface area contributed by atoms with Crippen molar-refractivity contribution in [3.05, 3.63) is 21.9 Å². The molecule has 0 radical (unpaired) electrons. The molecule has 0 amide bonds. The summed E-state index contributed by atoms with van der Waals surface area (Å²) >= 11 is 1.93. The first-order valence-electron chi connectivity index (χ1n) is 9.37. The molecule has 0 aliphatic heterocycles. The highest BCUT2D eigenvalue weighted by Crippen LogP contribution is 2.19. The molecule has 0 atom stereocenters. The summed E-state index contributed by atoms with van der Waals surface area (Å²) in [4.78, 5) is 1.61. The van der Waals surface area contributed by atoms with Gasteiger partial charge in [0.15, 0.2) is 0 Å². The largest absolute Gasteiger partial charge is 0.149 e. The van der Waals surface area contributed by atoms with E-state index in [-0.39, 0.29) is 0 Å². The second-order valence-electron chi connectivity index (χ2n) is 6.52. The average Bonchev–Trinajstić information content (AvgIpc) is 2.89. The number of rotatable bonds is 14. The molecular formula is C20H36S. The molecule has 21 heavy (non-hydrogen) atoms. The maximum absolute atomic E-state index is 2.29. The predicted molar refractivity (Wildman–Crippen MR) is 98.5 cm³/mol. The van der Waals surface area contributed by atoms with Crippen molar-refractivity contribution in [3.63, 3.8) is 0 Å². The van der Waals surface area contributed by atoms with Crippen LogP contribution >= 0.6 is 11.3 Å². The van der Waals surface area contributed by atoms with E-state index in [1.54, 1.807) is 4.88 Å². The fraction of sp³-hybridized carbons (Fsp3) is 0.800. The molecule has 1 heteroatoms. The van der Waals surface area contributed by atoms with Crippen molar-refractivity contribution in [3.8, 4) is 0 Å². The Morgan fingerprint density at radius 1 is 0.714 bits per heavy atom. The van der Waals surface area contributed by atoms with E-state index in [2.05, 4.69) is 25.3 Å². The number of thiophene rings is 1. The Hall–Kier alpha value is -0.300. The third-order valence-corrected chi connectivity index (χ3v) is 5.56. The zero-order valence-electron chi connectivity index (χ0n) is 14.5. The fourth-order valence-corrected chi connectivity index (χ4v) is 3.92. The van der Waals surface area contributed by atoms with Crippen LogP contribution in [0.1, 0.15) is 101 Å². The maximum atomic E-state index is 2.29. The van der Waals surface area contributed by atoms with E-state index < -0.39 is 0 Å². The van der Waals surface area contributed by atoms with Crippen LogP contribution in [0.2, 0.25) is 0 Å². The van der Waals surface area contributed by atoms with E-state index in [4.69, 9.17) is 0 Å². The van der Waals surface area contributed by atoms with Gasteiger partial charge in [-0.15, -0.1) is 11.3 Å². The molecule has 1 rings (SSSR count). The van der Waals surface area contributed by atoms with Gasteiger partial charge in [-0.3, -0.25) is 0 Å². The Balaban J connectivity index is 1.76. The molecular weight excluding hydrogens is 272 g/mol. The summed E-state index contributed by atoms with van der Waals surface area (Å²) in [6.07, 6.45) is 20.1. The lowest BCUT2D eigenvalue weighted by molar-refractivity contribution is 0.539. The van der Waals surface area contributed by atoms with Gasteiger partial charge in [0, 0.05) is 4.88 Å². The summed E-state index contributed by atoms with van der Waals surface area (Å²) in [6.45, 7) is 4.54. The van der Waals surface area contributed by atoms with Crippen LogP contribution in [0.25, 0.3) is 0 Å². The van der Waals surface area contributed by atoms with E-state index in [0.717, 1.165) is 0 Å². The van der Waals surface area contributed by atoms with Gasteiger partial charge in [-0.2, -0.15) is 0 Å². The minimum absolute atomic E-state index is 1.31. The highest BCUT2D eigenvalue weighted by molar-refractivity contribution is 7.10. The van der Waals surface area contributed by atoms with Crippen molar-refractivity contribution >= 4 is 11.3 Å². The first kappa shape index (κ1) is 18.7. The number of aryl methyl sites for hydroxylation is 2. The zero-order chi connectivity index (χ0) is 15.2. The lowest BCUT2D eigenvalue weighted by Gasteiger charge is -2.03. The summed E-state index contributed by atoms with van der Waals surface area (Å²) in [7, 11) is 0. The molecule has 0 unspecified atom stereocenters. The van der Waals surface area contributed by atoms with E-state index in [0.29, 0.717) is 0 Å². The van der Waals surface area contributed by atoms with E-state index in [9.17, 15) is 0 Å². The molecule has 0 nitrogen and oxygen atoms in total. The molecule has 0 aliphatic carbocycles. The van der Waals surface area contributed by atoms with Crippen molar-refractivity contribution in [2.45, 2.75) is 104 Å². The van der Waals surface area contributed by atoms with E-state index in [1.165, 1.54) is 95.5 Å². The SMILES string of the molecule is CCCCCCCCCCCCCCCc1sccc1C. The van der Waals surface area contributed by atoms with Crippen LogP contribution in [-0.2, 0) is 6.42 Å². The Morgan fingerprint density at radius 2 is 1.19 bits per heavy atom. The van der Waals surface area contributed by atoms with E-state index >= 15 is 0 Å². The molecule has 0 saturated heterocycles. The smallest absolute Gasteiger partial charge is 0.00743 e. The number of hydrogen-bond acceptors (Lipinski definition) is 1. The average molecular weight is 309 g/mol. The normalized spacial score (nSPS) is 11.1. The summed E-state index contributed by atoms with van der Waals surface area (Å²) in [6, 6.07) is 2.25. The standard InChI is InChI=1S/C20H36S/c1-3-4-5-6-7-8-9-10-11-12-13-14-15-16-20-19(2)17-18-21-20/h17-18H,3-16H2,1-2H3. The van der Waals surface area contributed by atoms with Gasteiger partial charge in [0.2, 0.25) is 0 Å². The monoisotopic (exact) mass is 308 g/mol. The van der Waals surface area contributed by atoms with Gasteiger partial charge in [0.05, 0.1) is 0 Å². The fourth-order valence-electron chi connectivity index (χ4n) is 2.96. The van der Waals surface area contributed by atoms with Crippen LogP contribution in [0, 0.1) is 6.92 Å². The first-order chi connectivity index (χ1) is 10.3. The minimum atomic E-state index is 1.31. The summed E-state index contributed by atoms with van der Waals surface area (Å²) in [5, 5.41) is 2.23. The van der Waals surface area contributed by atoms with Crippen LogP contribution in [0.4, 0.5) is 0 Å². The molecule has 0 fully saturated rings. The minimum Gasteiger partial charge on any atom is -0.149 e. The third kappa shape index (κ3) is 10.1. The molecule has 122 valence electrons. The van der Waals surface area contributed by atoms with Gasteiger partial charge in [-0.1, -0.05) is 84.0 Å². The second kappa shape index (κ2) is 13.4. The maximum Gasteiger partial charge on any atom is 0.00743 e. The van der Waals surface area contributed by atoms with E-state index in [1.807, 2.05) is 11.3 Å². The summed E-state index contributed by atoms with van der Waals surface area (Å²) in [5.41, 5.74) is 1.50. The Morgan fingerprint density at radius 3 is 1.62 bits per heavy atom. The third-order valence-electron chi connectivity index (χ3n) is 4.48. The van der Waals surface area contributed by atoms with Crippen molar-refractivity contribution in [1.29, 1.82) is 0 Å². The molecule has 0 N–H and O–H groups in total. The van der Waals surface area contributed by atoms with Gasteiger partial charge < -0.3 is 0 Å². The number of unbranched alkanes of at least 4 members (excludes halogenated alkanes) is 12. The highest BCUT2D eigenvalue weighted by Gasteiger charge is 1.99. The molecule has 0 bridgehead atoms. The second-order valence-corrected chi connectivity index (χ2v) is 7.52. The summed E-state index contributed by atoms with van der Waals surface area (Å²) in [5.74, 6) is 0. The Bertz CT molecular complexity index is 326. The lowest BCUT2D eigenvalue weighted by atomic mass is 10.0. The molecule has 1 aromatic rings. The van der Waals surface area contributed by atoms with Crippen molar-refractivity contribution in [1.82, 2.24) is 0 Å². The summed E-state index contributed by atoms with van der Waals surface area (Å²) < 4.78 is 0. The van der Waals surface area contributed by atoms with Gasteiger partial charge >= 0.3 is 0 Å². The number of hydrogen-bond donors (Lipinski definition) is 0. The van der Waals surface area contributed by atoms with Crippen molar-refractivity contribution in [2.75, 3.05) is 0 Å². The lowest BCUT2D eigenvalue weighted by Crippen LogP contribution is -1.86. The molecule has 0 saturated carbocycles. The van der Waals surface area contributed by atoms with Crippen LogP contribution in [0.5, 0.6) is 0 Å². The topological polar surface area (TPSA) is 0 Å².